The van der Waals surface area contributed by atoms with Gasteiger partial charge in [0.25, 0.3) is 0 Å². The molecule has 1 rings (SSSR count). The molecule has 0 aliphatic carbocycles. The highest BCUT2D eigenvalue weighted by Gasteiger charge is 2.21. The minimum atomic E-state index is -0.369. The summed E-state index contributed by atoms with van der Waals surface area (Å²) in [5.74, 6) is -0.341. The van der Waals surface area contributed by atoms with Gasteiger partial charge in [0.1, 0.15) is 0 Å². The van der Waals surface area contributed by atoms with E-state index in [2.05, 4.69) is 18.6 Å². The van der Waals surface area contributed by atoms with Gasteiger partial charge in [-0.25, -0.2) is 4.79 Å². The summed E-state index contributed by atoms with van der Waals surface area (Å²) in [6.07, 6.45) is 1.87. The quantitative estimate of drug-likeness (QED) is 0.532. The average Bonchev–Trinajstić information content (AvgIpc) is 2.47. The number of rotatable bonds is 8. The minimum Gasteiger partial charge on any atom is -0.465 e. The van der Waals surface area contributed by atoms with Crippen molar-refractivity contribution in [3.8, 4) is 0 Å². The first kappa shape index (κ1) is 15.7. The summed E-state index contributed by atoms with van der Waals surface area (Å²) in [7, 11) is 1.000. The first-order chi connectivity index (χ1) is 9.22. The summed E-state index contributed by atoms with van der Waals surface area (Å²) in [4.78, 5) is 11.4. The first-order valence-electron chi connectivity index (χ1n) is 6.64. The Hall–Kier alpha value is -1.33. The molecular formula is C14H21BO4. The second-order valence-corrected chi connectivity index (χ2v) is 4.19. The summed E-state index contributed by atoms with van der Waals surface area (Å²) in [5, 5.41) is 0. The minimum absolute atomic E-state index is 0.341. The van der Waals surface area contributed by atoms with Crippen LogP contribution in [0.15, 0.2) is 24.3 Å². The lowest BCUT2D eigenvalue weighted by Gasteiger charge is -2.14. The summed E-state index contributed by atoms with van der Waals surface area (Å²) in [6, 6.07) is 7.11. The fraction of sp³-hybridized carbons (Fsp3) is 0.500. The third-order valence-electron chi connectivity index (χ3n) is 2.55. The van der Waals surface area contributed by atoms with Crippen molar-refractivity contribution in [2.75, 3.05) is 20.3 Å². The van der Waals surface area contributed by atoms with E-state index in [9.17, 15) is 4.79 Å². The Kier molecular flexibility index (Phi) is 7.22. The topological polar surface area (TPSA) is 44.8 Å². The van der Waals surface area contributed by atoms with E-state index in [-0.39, 0.29) is 13.1 Å². The number of esters is 1. The molecular weight excluding hydrogens is 243 g/mol. The highest BCUT2D eigenvalue weighted by Crippen LogP contribution is 2.02. The zero-order chi connectivity index (χ0) is 14.1. The Morgan fingerprint density at radius 3 is 2.00 bits per heavy atom. The standard InChI is InChI=1S/C14H21BO4/c1-4-10-18-15(19-11-5-2)13-8-6-12(7-9-13)14(16)17-3/h6-9H,4-5,10-11H2,1-3H3. The van der Waals surface area contributed by atoms with Crippen molar-refractivity contribution in [2.24, 2.45) is 0 Å². The summed E-state index contributed by atoms with van der Waals surface area (Å²) < 4.78 is 16.0. The molecule has 0 aliphatic heterocycles. The van der Waals surface area contributed by atoms with Crippen LogP contribution >= 0.6 is 0 Å². The molecule has 0 heterocycles. The van der Waals surface area contributed by atoms with Crippen molar-refractivity contribution in [3.05, 3.63) is 29.8 Å². The Morgan fingerprint density at radius 1 is 1.05 bits per heavy atom. The van der Waals surface area contributed by atoms with Crippen LogP contribution in [0.4, 0.5) is 0 Å². The van der Waals surface area contributed by atoms with E-state index in [1.807, 2.05) is 12.1 Å². The molecule has 0 fully saturated rings. The zero-order valence-corrected chi connectivity index (χ0v) is 11.8. The fourth-order valence-corrected chi connectivity index (χ4v) is 1.58. The maximum atomic E-state index is 11.4. The van der Waals surface area contributed by atoms with Gasteiger partial charge in [0.2, 0.25) is 0 Å². The molecule has 0 aromatic heterocycles. The van der Waals surface area contributed by atoms with Crippen LogP contribution in [0.3, 0.4) is 0 Å². The molecule has 1 aromatic carbocycles. The van der Waals surface area contributed by atoms with Crippen LogP contribution in [-0.2, 0) is 14.0 Å². The van der Waals surface area contributed by atoms with E-state index < -0.39 is 0 Å². The molecule has 0 unspecified atom stereocenters. The Labute approximate surface area is 115 Å². The van der Waals surface area contributed by atoms with Gasteiger partial charge in [0.15, 0.2) is 0 Å². The number of benzene rings is 1. The van der Waals surface area contributed by atoms with Gasteiger partial charge in [-0.15, -0.1) is 0 Å². The Balaban J connectivity index is 2.74. The second kappa shape index (κ2) is 8.72. The number of ether oxygens (including phenoxy) is 1. The van der Waals surface area contributed by atoms with E-state index in [1.165, 1.54) is 7.11 Å². The largest absolute Gasteiger partial charge is 0.493 e. The van der Waals surface area contributed by atoms with Crippen molar-refractivity contribution >= 4 is 18.6 Å². The zero-order valence-electron chi connectivity index (χ0n) is 11.8. The molecule has 0 radical (unpaired) electrons. The van der Waals surface area contributed by atoms with Crippen LogP contribution in [0.2, 0.25) is 0 Å². The fourth-order valence-electron chi connectivity index (χ4n) is 1.58. The molecule has 0 saturated carbocycles. The molecule has 0 saturated heterocycles. The number of methoxy groups -OCH3 is 1. The maximum Gasteiger partial charge on any atom is 0.493 e. The molecule has 104 valence electrons. The van der Waals surface area contributed by atoms with Crippen LogP contribution in [0.5, 0.6) is 0 Å². The average molecular weight is 264 g/mol. The predicted molar refractivity (Wildman–Crippen MR) is 75.7 cm³/mol. The summed E-state index contributed by atoms with van der Waals surface area (Å²) in [5.41, 5.74) is 1.44. The van der Waals surface area contributed by atoms with Gasteiger partial charge >= 0.3 is 13.1 Å². The summed E-state index contributed by atoms with van der Waals surface area (Å²) in [6.45, 7) is 5.40. The molecule has 1 aromatic rings. The highest BCUT2D eigenvalue weighted by molar-refractivity contribution is 6.61. The predicted octanol–water partition coefficient (Wildman–Crippen LogP) is 2.02. The smallest absolute Gasteiger partial charge is 0.465 e. The van der Waals surface area contributed by atoms with Gasteiger partial charge in [-0.05, 0) is 30.4 Å². The monoisotopic (exact) mass is 264 g/mol. The van der Waals surface area contributed by atoms with Gasteiger partial charge in [-0.3, -0.25) is 0 Å². The van der Waals surface area contributed by atoms with Gasteiger partial charge in [-0.1, -0.05) is 26.0 Å². The third kappa shape index (κ3) is 5.05. The Morgan fingerprint density at radius 2 is 1.58 bits per heavy atom. The van der Waals surface area contributed by atoms with E-state index >= 15 is 0 Å². The summed E-state index contributed by atoms with van der Waals surface area (Å²) >= 11 is 0. The SMILES string of the molecule is CCCOB(OCCC)c1ccc(C(=O)OC)cc1. The van der Waals surface area contributed by atoms with E-state index in [0.29, 0.717) is 18.8 Å². The van der Waals surface area contributed by atoms with E-state index in [1.54, 1.807) is 12.1 Å². The second-order valence-electron chi connectivity index (χ2n) is 4.19. The molecule has 0 amide bonds. The molecule has 0 aliphatic rings. The number of carbonyl (C=O) groups excluding carboxylic acids is 1. The van der Waals surface area contributed by atoms with Crippen LogP contribution in [0.25, 0.3) is 0 Å². The third-order valence-corrected chi connectivity index (χ3v) is 2.55. The van der Waals surface area contributed by atoms with Crippen LogP contribution in [0, 0.1) is 0 Å². The lowest BCUT2D eigenvalue weighted by atomic mass is 9.78. The molecule has 5 heteroatoms. The van der Waals surface area contributed by atoms with Crippen LogP contribution in [-0.4, -0.2) is 33.4 Å². The lowest BCUT2D eigenvalue weighted by Crippen LogP contribution is -2.37. The lowest BCUT2D eigenvalue weighted by molar-refractivity contribution is 0.0600. The van der Waals surface area contributed by atoms with Crippen LogP contribution < -0.4 is 5.46 Å². The molecule has 0 spiro atoms. The number of hydrogen-bond acceptors (Lipinski definition) is 4. The van der Waals surface area contributed by atoms with Gasteiger partial charge in [0, 0.05) is 13.2 Å². The van der Waals surface area contributed by atoms with E-state index in [4.69, 9.17) is 9.31 Å². The normalized spacial score (nSPS) is 10.3. The molecule has 0 atom stereocenters. The molecule has 0 N–H and O–H groups in total. The van der Waals surface area contributed by atoms with E-state index in [0.717, 1.165) is 18.3 Å². The Bertz CT molecular complexity index is 370. The number of hydrogen-bond donors (Lipinski definition) is 0. The molecule has 0 bridgehead atoms. The van der Waals surface area contributed by atoms with Crippen LogP contribution in [0.1, 0.15) is 37.0 Å². The van der Waals surface area contributed by atoms with Crippen molar-refractivity contribution < 1.29 is 18.8 Å². The first-order valence-corrected chi connectivity index (χ1v) is 6.64. The number of carbonyl (C=O) groups is 1. The molecule has 4 nitrogen and oxygen atoms in total. The van der Waals surface area contributed by atoms with Crippen molar-refractivity contribution in [2.45, 2.75) is 26.7 Å². The van der Waals surface area contributed by atoms with Crippen molar-refractivity contribution in [3.63, 3.8) is 0 Å². The van der Waals surface area contributed by atoms with Crippen molar-refractivity contribution in [1.29, 1.82) is 0 Å². The van der Waals surface area contributed by atoms with Gasteiger partial charge in [0.05, 0.1) is 12.7 Å². The van der Waals surface area contributed by atoms with Crippen molar-refractivity contribution in [1.82, 2.24) is 0 Å². The van der Waals surface area contributed by atoms with Gasteiger partial charge in [-0.2, -0.15) is 0 Å². The maximum absolute atomic E-state index is 11.4. The highest BCUT2D eigenvalue weighted by atomic mass is 16.6. The molecule has 19 heavy (non-hydrogen) atoms. The van der Waals surface area contributed by atoms with Gasteiger partial charge < -0.3 is 14.0 Å².